The van der Waals surface area contributed by atoms with Gasteiger partial charge in [0.1, 0.15) is 8.85 Å². The molecule has 0 fully saturated rings. The summed E-state index contributed by atoms with van der Waals surface area (Å²) in [6.45, 7) is 0. The monoisotopic (exact) mass is 415 g/mol. The first kappa shape index (κ1) is 10.8. The lowest BCUT2D eigenvalue weighted by Gasteiger charge is -2.04. The number of hydrogen-bond donors (Lipinski definition) is 0. The smallest absolute Gasteiger partial charge is 0.230 e. The summed E-state index contributed by atoms with van der Waals surface area (Å²) in [5, 5.41) is -0.110. The second-order valence-electron chi connectivity index (χ2n) is 1.93. The van der Waals surface area contributed by atoms with Gasteiger partial charge in [0.2, 0.25) is 0 Å². The first-order valence-electron chi connectivity index (χ1n) is 2.82. The van der Waals surface area contributed by atoms with Gasteiger partial charge < -0.3 is 0 Å². The summed E-state index contributed by atoms with van der Waals surface area (Å²) in [5.41, 5.74) is -0.183. The largest absolute Gasteiger partial charge is 0.267 e. The Morgan fingerprint density at radius 1 is 1.42 bits per heavy atom. The molecule has 0 N–H and O–H groups in total. The van der Waals surface area contributed by atoms with Gasteiger partial charge in [-0.15, -0.1) is 0 Å². The van der Waals surface area contributed by atoms with E-state index >= 15 is 0 Å². The molecule has 0 bridgehead atoms. The molecule has 1 aromatic heterocycles. The van der Waals surface area contributed by atoms with E-state index in [9.17, 15) is 8.78 Å². The molecule has 0 atom stereocenters. The maximum Gasteiger partial charge on any atom is 0.267 e. The Balaban J connectivity index is 3.28. The fourth-order valence-electron chi connectivity index (χ4n) is 0.661. The van der Waals surface area contributed by atoms with Gasteiger partial charge in [-0.1, -0.05) is 11.6 Å². The van der Waals surface area contributed by atoms with Crippen LogP contribution in [0.3, 0.4) is 0 Å². The van der Waals surface area contributed by atoms with Gasteiger partial charge in [0, 0.05) is 3.57 Å². The maximum atomic E-state index is 12.3. The fourth-order valence-corrected chi connectivity index (χ4v) is 3.17. The van der Waals surface area contributed by atoms with Crippen molar-refractivity contribution in [2.45, 2.75) is 6.43 Å². The van der Waals surface area contributed by atoms with Crippen molar-refractivity contribution in [3.63, 3.8) is 0 Å². The van der Waals surface area contributed by atoms with Crippen LogP contribution in [0.5, 0.6) is 0 Å². The molecule has 1 heterocycles. The Morgan fingerprint density at radius 3 is 2.42 bits per heavy atom. The lowest BCUT2D eigenvalue weighted by atomic mass is 10.3. The third-order valence-corrected chi connectivity index (χ3v) is 2.88. The highest BCUT2D eigenvalue weighted by Gasteiger charge is 2.17. The van der Waals surface area contributed by atoms with E-state index in [1.807, 2.05) is 45.2 Å². The van der Waals surface area contributed by atoms with Gasteiger partial charge in [0.25, 0.3) is 6.43 Å². The molecule has 0 spiro atoms. The lowest BCUT2D eigenvalue weighted by Crippen LogP contribution is -1.95. The van der Waals surface area contributed by atoms with E-state index < -0.39 is 6.43 Å². The van der Waals surface area contributed by atoms with Crippen molar-refractivity contribution in [3.05, 3.63) is 24.1 Å². The number of aromatic nitrogens is 1. The van der Waals surface area contributed by atoms with Crippen molar-refractivity contribution < 1.29 is 8.78 Å². The molecule has 0 aliphatic heterocycles. The molecule has 0 saturated heterocycles. The Labute approximate surface area is 100 Å². The van der Waals surface area contributed by atoms with E-state index in [0.29, 0.717) is 7.27 Å². The predicted octanol–water partition coefficient (Wildman–Crippen LogP) is 3.88. The molecule has 6 heteroatoms. The van der Waals surface area contributed by atoms with Crippen LogP contribution >= 0.6 is 56.8 Å². The molecule has 0 radical (unpaired) electrons. The molecule has 0 aromatic carbocycles. The number of halogens is 5. The standard InChI is InChI=1S/C6H2ClF2I2N/c7-5-4(6(8)9)2(10)1-3(11)12-5/h1,6H. The van der Waals surface area contributed by atoms with Crippen molar-refractivity contribution in [2.24, 2.45) is 0 Å². The number of alkyl halides is 2. The highest BCUT2D eigenvalue weighted by atomic mass is 127. The molecule has 0 unspecified atom stereocenters. The summed E-state index contributed by atoms with van der Waals surface area (Å²) >= 11 is 9.27. The molecule has 12 heavy (non-hydrogen) atoms. The first-order valence-corrected chi connectivity index (χ1v) is 5.35. The van der Waals surface area contributed by atoms with Gasteiger partial charge in [0.15, 0.2) is 0 Å². The first-order chi connectivity index (χ1) is 5.52. The highest BCUT2D eigenvalue weighted by molar-refractivity contribution is 14.1. The van der Waals surface area contributed by atoms with Crippen LogP contribution in [0.25, 0.3) is 0 Å². The van der Waals surface area contributed by atoms with Crippen LogP contribution in [-0.2, 0) is 0 Å². The molecule has 66 valence electrons. The fraction of sp³-hybridized carbons (Fsp3) is 0.167. The van der Waals surface area contributed by atoms with E-state index in [4.69, 9.17) is 11.6 Å². The number of nitrogens with zero attached hydrogens (tertiary/aromatic N) is 1. The van der Waals surface area contributed by atoms with Crippen LogP contribution in [0.1, 0.15) is 12.0 Å². The summed E-state index contributed by atoms with van der Waals surface area (Å²) in [4.78, 5) is 3.72. The van der Waals surface area contributed by atoms with E-state index in [-0.39, 0.29) is 10.7 Å². The van der Waals surface area contributed by atoms with Crippen LogP contribution < -0.4 is 0 Å². The Morgan fingerprint density at radius 2 is 2.00 bits per heavy atom. The zero-order valence-electron chi connectivity index (χ0n) is 5.49. The van der Waals surface area contributed by atoms with Gasteiger partial charge in [-0.25, -0.2) is 13.8 Å². The third kappa shape index (κ3) is 2.38. The Kier molecular flexibility index (Phi) is 3.90. The average Bonchev–Trinajstić information content (AvgIpc) is 1.82. The molecular formula is C6H2ClF2I2N. The quantitative estimate of drug-likeness (QED) is 0.501. The zero-order chi connectivity index (χ0) is 9.30. The highest BCUT2D eigenvalue weighted by Crippen LogP contribution is 2.30. The van der Waals surface area contributed by atoms with Crippen molar-refractivity contribution in [1.29, 1.82) is 0 Å². The SMILES string of the molecule is FC(F)c1c(I)cc(I)nc1Cl. The van der Waals surface area contributed by atoms with Crippen LogP contribution in [0, 0.1) is 7.27 Å². The second-order valence-corrected chi connectivity index (χ2v) is 4.56. The topological polar surface area (TPSA) is 12.9 Å². The van der Waals surface area contributed by atoms with Gasteiger partial charge in [0.05, 0.1) is 5.56 Å². The molecule has 1 rings (SSSR count). The number of hydrogen-bond acceptors (Lipinski definition) is 1. The molecule has 1 nitrogen and oxygen atoms in total. The van der Waals surface area contributed by atoms with Gasteiger partial charge in [-0.2, -0.15) is 0 Å². The van der Waals surface area contributed by atoms with E-state index in [1.54, 1.807) is 6.07 Å². The summed E-state index contributed by atoms with van der Waals surface area (Å²) in [7, 11) is 0. The van der Waals surface area contributed by atoms with Gasteiger partial charge in [-0.3, -0.25) is 0 Å². The normalized spacial score (nSPS) is 10.8. The molecule has 0 aliphatic carbocycles. The molecule has 0 aliphatic rings. The van der Waals surface area contributed by atoms with Gasteiger partial charge in [-0.05, 0) is 51.2 Å². The number of pyridine rings is 1. The van der Waals surface area contributed by atoms with E-state index in [1.165, 1.54) is 0 Å². The van der Waals surface area contributed by atoms with Crippen molar-refractivity contribution in [1.82, 2.24) is 4.98 Å². The molecule has 1 aromatic rings. The minimum atomic E-state index is -2.56. The summed E-state index contributed by atoms with van der Waals surface area (Å²) in [5.74, 6) is 0. The lowest BCUT2D eigenvalue weighted by molar-refractivity contribution is 0.150. The van der Waals surface area contributed by atoms with Crippen molar-refractivity contribution >= 4 is 56.8 Å². The van der Waals surface area contributed by atoms with Crippen molar-refractivity contribution in [3.8, 4) is 0 Å². The minimum Gasteiger partial charge on any atom is -0.230 e. The molecule has 0 saturated carbocycles. The summed E-state index contributed by atoms with van der Waals surface area (Å²) < 4.78 is 25.6. The van der Waals surface area contributed by atoms with E-state index in [0.717, 1.165) is 0 Å². The van der Waals surface area contributed by atoms with Crippen molar-refractivity contribution in [2.75, 3.05) is 0 Å². The summed E-state index contributed by atoms with van der Waals surface area (Å²) in [6, 6.07) is 1.56. The van der Waals surface area contributed by atoms with E-state index in [2.05, 4.69) is 4.98 Å². The zero-order valence-corrected chi connectivity index (χ0v) is 10.6. The van der Waals surface area contributed by atoms with Crippen LogP contribution in [0.4, 0.5) is 8.78 Å². The van der Waals surface area contributed by atoms with Crippen LogP contribution in [0.15, 0.2) is 6.07 Å². The Bertz CT molecular complexity index is 283. The minimum absolute atomic E-state index is 0.110. The van der Waals surface area contributed by atoms with Gasteiger partial charge >= 0.3 is 0 Å². The maximum absolute atomic E-state index is 12.3. The second kappa shape index (κ2) is 4.32. The third-order valence-electron chi connectivity index (χ3n) is 1.15. The Hall–Kier alpha value is 0.760. The number of rotatable bonds is 1. The average molecular weight is 415 g/mol. The molecular weight excluding hydrogens is 413 g/mol. The predicted molar refractivity (Wildman–Crippen MR) is 59.6 cm³/mol. The van der Waals surface area contributed by atoms with Crippen LogP contribution in [0.2, 0.25) is 5.15 Å². The summed E-state index contributed by atoms with van der Waals surface area (Å²) in [6.07, 6.45) is -2.56. The molecule has 0 amide bonds. The van der Waals surface area contributed by atoms with Crippen LogP contribution in [-0.4, -0.2) is 4.98 Å².